The van der Waals surface area contributed by atoms with E-state index in [1.807, 2.05) is 29.3 Å². The molecule has 1 unspecified atom stereocenters. The lowest BCUT2D eigenvalue weighted by atomic mass is 10.0. The Hall–Kier alpha value is -2.24. The molecule has 2 aliphatic rings. The molecule has 1 aromatic carbocycles. The lowest BCUT2D eigenvalue weighted by molar-refractivity contribution is -0.124. The smallest absolute Gasteiger partial charge is 0.244 e. The molecule has 1 atom stereocenters. The van der Waals surface area contributed by atoms with Crippen LogP contribution >= 0.6 is 0 Å². The number of aromatic nitrogens is 1. The molecule has 1 saturated heterocycles. The molecule has 0 spiro atoms. The zero-order chi connectivity index (χ0) is 18.6. The molecule has 27 heavy (non-hydrogen) atoms. The average Bonchev–Trinajstić information content (AvgIpc) is 2.73. The first-order chi connectivity index (χ1) is 13.2. The van der Waals surface area contributed by atoms with Crippen LogP contribution in [0.5, 0.6) is 0 Å². The van der Waals surface area contributed by atoms with Gasteiger partial charge in [0.2, 0.25) is 5.91 Å². The van der Waals surface area contributed by atoms with Crippen molar-refractivity contribution in [3.05, 3.63) is 59.9 Å². The first-order valence-electron chi connectivity index (χ1n) is 9.98. The SMILES string of the molecule is CC(C(=O)N1CCCc2ccccc21)N1CCN(Cc2ccccn2)CC1. The van der Waals surface area contributed by atoms with Crippen molar-refractivity contribution in [1.82, 2.24) is 14.8 Å². The summed E-state index contributed by atoms with van der Waals surface area (Å²) in [7, 11) is 0. The van der Waals surface area contributed by atoms with Gasteiger partial charge in [0.1, 0.15) is 0 Å². The highest BCUT2D eigenvalue weighted by molar-refractivity contribution is 5.98. The molecule has 142 valence electrons. The van der Waals surface area contributed by atoms with Gasteiger partial charge < -0.3 is 4.90 Å². The molecular formula is C22H28N4O. The second-order valence-corrected chi connectivity index (χ2v) is 7.53. The number of nitrogens with zero attached hydrogens (tertiary/aromatic N) is 4. The summed E-state index contributed by atoms with van der Waals surface area (Å²) in [6.07, 6.45) is 3.97. The first-order valence-corrected chi connectivity index (χ1v) is 9.98. The maximum absolute atomic E-state index is 13.2. The van der Waals surface area contributed by atoms with Crippen molar-refractivity contribution in [2.75, 3.05) is 37.6 Å². The number of hydrogen-bond acceptors (Lipinski definition) is 4. The predicted molar refractivity (Wildman–Crippen MR) is 108 cm³/mol. The minimum absolute atomic E-state index is 0.0758. The molecule has 5 nitrogen and oxygen atoms in total. The highest BCUT2D eigenvalue weighted by Gasteiger charge is 2.31. The average molecular weight is 364 g/mol. The Bertz CT molecular complexity index is 771. The monoisotopic (exact) mass is 364 g/mol. The Labute approximate surface area is 161 Å². The van der Waals surface area contributed by atoms with Crippen LogP contribution < -0.4 is 4.90 Å². The van der Waals surface area contributed by atoms with Crippen molar-refractivity contribution in [2.45, 2.75) is 32.4 Å². The van der Waals surface area contributed by atoms with E-state index < -0.39 is 0 Å². The lowest BCUT2D eigenvalue weighted by Crippen LogP contribution is -2.55. The van der Waals surface area contributed by atoms with E-state index in [0.29, 0.717) is 0 Å². The number of piperazine rings is 1. The normalized spacial score (nSPS) is 19.5. The fourth-order valence-electron chi connectivity index (χ4n) is 4.17. The summed E-state index contributed by atoms with van der Waals surface area (Å²) in [5.74, 6) is 0.236. The fourth-order valence-corrected chi connectivity index (χ4v) is 4.17. The summed E-state index contributed by atoms with van der Waals surface area (Å²) >= 11 is 0. The van der Waals surface area contributed by atoms with Crippen LogP contribution in [-0.2, 0) is 17.8 Å². The molecule has 1 fully saturated rings. The van der Waals surface area contributed by atoms with Crippen molar-refractivity contribution >= 4 is 11.6 Å². The van der Waals surface area contributed by atoms with Gasteiger partial charge in [0.15, 0.2) is 0 Å². The van der Waals surface area contributed by atoms with Crippen LogP contribution in [0.2, 0.25) is 0 Å². The summed E-state index contributed by atoms with van der Waals surface area (Å²) < 4.78 is 0. The molecule has 0 aliphatic carbocycles. The van der Waals surface area contributed by atoms with Crippen molar-refractivity contribution in [1.29, 1.82) is 0 Å². The largest absolute Gasteiger partial charge is 0.311 e. The van der Waals surface area contributed by atoms with E-state index in [1.165, 1.54) is 5.56 Å². The molecular weight excluding hydrogens is 336 g/mol. The van der Waals surface area contributed by atoms with Crippen LogP contribution in [0.25, 0.3) is 0 Å². The van der Waals surface area contributed by atoms with Crippen LogP contribution in [0, 0.1) is 0 Å². The van der Waals surface area contributed by atoms with Gasteiger partial charge in [0, 0.05) is 51.2 Å². The van der Waals surface area contributed by atoms with E-state index in [4.69, 9.17) is 0 Å². The third-order valence-electron chi connectivity index (χ3n) is 5.80. The second-order valence-electron chi connectivity index (χ2n) is 7.53. The van der Waals surface area contributed by atoms with Gasteiger partial charge in [-0.3, -0.25) is 19.6 Å². The van der Waals surface area contributed by atoms with Crippen LogP contribution in [0.3, 0.4) is 0 Å². The summed E-state index contributed by atoms with van der Waals surface area (Å²) in [6.45, 7) is 7.59. The number of anilines is 1. The summed E-state index contributed by atoms with van der Waals surface area (Å²) in [5, 5.41) is 0. The maximum Gasteiger partial charge on any atom is 0.244 e. The Morgan fingerprint density at radius 3 is 2.59 bits per heavy atom. The Morgan fingerprint density at radius 2 is 1.81 bits per heavy atom. The highest BCUT2D eigenvalue weighted by atomic mass is 16.2. The lowest BCUT2D eigenvalue weighted by Gasteiger charge is -2.40. The molecule has 1 aromatic heterocycles. The second kappa shape index (κ2) is 8.19. The molecule has 3 heterocycles. The third kappa shape index (κ3) is 4.04. The zero-order valence-corrected chi connectivity index (χ0v) is 16.1. The maximum atomic E-state index is 13.2. The number of amides is 1. The minimum atomic E-state index is -0.0758. The van der Waals surface area contributed by atoms with Gasteiger partial charge >= 0.3 is 0 Å². The van der Waals surface area contributed by atoms with Gasteiger partial charge in [0.05, 0.1) is 11.7 Å². The molecule has 1 amide bonds. The van der Waals surface area contributed by atoms with Gasteiger partial charge in [-0.1, -0.05) is 24.3 Å². The first kappa shape index (κ1) is 18.1. The number of pyridine rings is 1. The molecule has 4 rings (SSSR count). The fraction of sp³-hybridized carbons (Fsp3) is 0.455. The molecule has 5 heteroatoms. The van der Waals surface area contributed by atoms with Crippen molar-refractivity contribution in [2.24, 2.45) is 0 Å². The summed E-state index contributed by atoms with van der Waals surface area (Å²) in [4.78, 5) is 24.4. The molecule has 0 bridgehead atoms. The number of carbonyl (C=O) groups is 1. The molecule has 0 N–H and O–H groups in total. The van der Waals surface area contributed by atoms with E-state index in [9.17, 15) is 4.79 Å². The predicted octanol–water partition coefficient (Wildman–Crippen LogP) is 2.57. The van der Waals surface area contributed by atoms with E-state index in [1.54, 1.807) is 0 Å². The van der Waals surface area contributed by atoms with Crippen LogP contribution in [0.1, 0.15) is 24.6 Å². The van der Waals surface area contributed by atoms with E-state index in [-0.39, 0.29) is 11.9 Å². The molecule has 2 aliphatic heterocycles. The Kier molecular flexibility index (Phi) is 5.50. The number of aryl methyl sites for hydroxylation is 1. The van der Waals surface area contributed by atoms with Gasteiger partial charge in [-0.2, -0.15) is 0 Å². The summed E-state index contributed by atoms with van der Waals surface area (Å²) in [6, 6.07) is 14.3. The highest BCUT2D eigenvalue weighted by Crippen LogP contribution is 2.28. The Morgan fingerprint density at radius 1 is 1.04 bits per heavy atom. The van der Waals surface area contributed by atoms with E-state index >= 15 is 0 Å². The molecule has 0 saturated carbocycles. The van der Waals surface area contributed by atoms with Gasteiger partial charge in [-0.15, -0.1) is 0 Å². The summed E-state index contributed by atoms with van der Waals surface area (Å²) in [5.41, 5.74) is 3.51. The van der Waals surface area contributed by atoms with Gasteiger partial charge in [0.25, 0.3) is 0 Å². The number of benzene rings is 1. The standard InChI is InChI=1S/C22H28N4O/c1-18(22(27)26-12-6-8-19-7-2-3-10-21(19)26)25-15-13-24(14-16-25)17-20-9-4-5-11-23-20/h2-5,7,9-11,18H,6,8,12-17H2,1H3. The quantitative estimate of drug-likeness (QED) is 0.836. The Balaban J connectivity index is 1.35. The number of rotatable bonds is 4. The number of carbonyl (C=O) groups excluding carboxylic acids is 1. The van der Waals surface area contributed by atoms with Gasteiger partial charge in [-0.05, 0) is 43.5 Å². The molecule has 2 aromatic rings. The van der Waals surface area contributed by atoms with Crippen molar-refractivity contribution in [3.63, 3.8) is 0 Å². The zero-order valence-electron chi connectivity index (χ0n) is 16.1. The van der Waals surface area contributed by atoms with Crippen LogP contribution in [-0.4, -0.2) is 59.5 Å². The van der Waals surface area contributed by atoms with Crippen molar-refractivity contribution in [3.8, 4) is 0 Å². The number of para-hydroxylation sites is 1. The van der Waals surface area contributed by atoms with Crippen LogP contribution in [0.15, 0.2) is 48.7 Å². The van der Waals surface area contributed by atoms with Gasteiger partial charge in [-0.25, -0.2) is 0 Å². The third-order valence-corrected chi connectivity index (χ3v) is 5.80. The topological polar surface area (TPSA) is 39.7 Å². The number of hydrogen-bond donors (Lipinski definition) is 0. The van der Waals surface area contributed by atoms with E-state index in [2.05, 4.69) is 46.0 Å². The minimum Gasteiger partial charge on any atom is -0.311 e. The number of fused-ring (bicyclic) bond motifs is 1. The molecule has 0 radical (unpaired) electrons. The van der Waals surface area contributed by atoms with Crippen molar-refractivity contribution < 1.29 is 4.79 Å². The van der Waals surface area contributed by atoms with Crippen LogP contribution in [0.4, 0.5) is 5.69 Å². The van der Waals surface area contributed by atoms with E-state index in [0.717, 1.165) is 63.5 Å².